The molecule has 3 rings (SSSR count). The molecule has 0 bridgehead atoms. The van der Waals surface area contributed by atoms with Crippen LogP contribution in [-0.4, -0.2) is 6.04 Å². The first-order chi connectivity index (χ1) is 6.93. The van der Waals surface area contributed by atoms with Crippen molar-refractivity contribution in [2.75, 3.05) is 0 Å². The van der Waals surface area contributed by atoms with Crippen LogP contribution in [0.2, 0.25) is 0 Å². The molecule has 0 spiro atoms. The Hall–Kier alpha value is -1.76. The lowest BCUT2D eigenvalue weighted by atomic mass is 9.92. The third-order valence-electron chi connectivity index (χ3n) is 2.69. The highest BCUT2D eigenvalue weighted by Crippen LogP contribution is 2.28. The molecule has 1 aliphatic heterocycles. The highest BCUT2D eigenvalue weighted by atomic mass is 14.9. The molecular formula is C13H11N. The fourth-order valence-corrected chi connectivity index (χ4v) is 1.95. The molecule has 68 valence electrons. The average Bonchev–Trinajstić information content (AvgIpc) is 2.51. The van der Waals surface area contributed by atoms with E-state index in [-0.39, 0.29) is 0 Å². The number of hydrogen-bond acceptors (Lipinski definition) is 1. The van der Waals surface area contributed by atoms with E-state index in [1.165, 1.54) is 16.7 Å². The molecule has 1 unspecified atom stereocenters. The lowest BCUT2D eigenvalue weighted by Gasteiger charge is -2.17. The molecule has 0 amide bonds. The molecule has 3 aliphatic rings. The van der Waals surface area contributed by atoms with Crippen LogP contribution in [0.4, 0.5) is 0 Å². The highest BCUT2D eigenvalue weighted by molar-refractivity contribution is 5.59. The zero-order valence-corrected chi connectivity index (χ0v) is 7.77. The van der Waals surface area contributed by atoms with Crippen molar-refractivity contribution in [3.8, 4) is 0 Å². The summed E-state index contributed by atoms with van der Waals surface area (Å²) in [5.41, 5.74) is 3.96. The van der Waals surface area contributed by atoms with Gasteiger partial charge in [-0.2, -0.15) is 0 Å². The Bertz CT molecular complexity index is 442. The van der Waals surface area contributed by atoms with E-state index in [2.05, 4.69) is 53.9 Å². The zero-order valence-electron chi connectivity index (χ0n) is 7.77. The van der Waals surface area contributed by atoms with Crippen LogP contribution in [0.1, 0.15) is 0 Å². The molecule has 1 heterocycles. The number of nitrogens with one attached hydrogen (secondary N) is 1. The fourth-order valence-electron chi connectivity index (χ4n) is 1.95. The molecule has 0 saturated carbocycles. The van der Waals surface area contributed by atoms with Gasteiger partial charge in [0.05, 0.1) is 6.04 Å². The molecule has 0 fully saturated rings. The Morgan fingerprint density at radius 1 is 1.00 bits per heavy atom. The van der Waals surface area contributed by atoms with Gasteiger partial charge in [-0.05, 0) is 35.1 Å². The first-order valence-corrected chi connectivity index (χ1v) is 4.85. The summed E-state index contributed by atoms with van der Waals surface area (Å²) in [7, 11) is 0. The van der Waals surface area contributed by atoms with Gasteiger partial charge in [0.25, 0.3) is 0 Å². The van der Waals surface area contributed by atoms with E-state index in [1.807, 2.05) is 6.20 Å². The van der Waals surface area contributed by atoms with E-state index in [9.17, 15) is 0 Å². The van der Waals surface area contributed by atoms with Crippen LogP contribution in [0.25, 0.3) is 0 Å². The van der Waals surface area contributed by atoms with Crippen molar-refractivity contribution in [2.24, 2.45) is 0 Å². The maximum absolute atomic E-state index is 3.31. The van der Waals surface area contributed by atoms with Crippen molar-refractivity contribution < 1.29 is 0 Å². The second-order valence-corrected chi connectivity index (χ2v) is 3.61. The van der Waals surface area contributed by atoms with Gasteiger partial charge in [0, 0.05) is 0 Å². The molecule has 2 aliphatic carbocycles. The molecular weight excluding hydrogens is 170 g/mol. The van der Waals surface area contributed by atoms with Gasteiger partial charge < -0.3 is 5.32 Å². The molecule has 0 aromatic carbocycles. The Morgan fingerprint density at radius 3 is 3.00 bits per heavy atom. The standard InChI is InChI=1S/C13H11N/c1-2-4-10-8-12-6-7-14-13(12)9-11(10)5-3-1/h1-9,13-14H. The SMILES string of the molecule is C1=CC=C2C=C3C=CNC3C=C2C=C1. The molecule has 0 radical (unpaired) electrons. The van der Waals surface area contributed by atoms with Crippen molar-refractivity contribution in [3.63, 3.8) is 0 Å². The predicted molar refractivity (Wildman–Crippen MR) is 58.6 cm³/mol. The highest BCUT2D eigenvalue weighted by Gasteiger charge is 2.19. The summed E-state index contributed by atoms with van der Waals surface area (Å²) >= 11 is 0. The molecule has 14 heavy (non-hydrogen) atoms. The molecule has 1 heteroatoms. The Kier molecular flexibility index (Phi) is 1.57. The van der Waals surface area contributed by atoms with Crippen molar-refractivity contribution in [2.45, 2.75) is 6.04 Å². The van der Waals surface area contributed by atoms with E-state index < -0.39 is 0 Å². The Balaban J connectivity index is 2.10. The maximum atomic E-state index is 3.31. The van der Waals surface area contributed by atoms with Crippen LogP contribution in [0.15, 0.2) is 71.5 Å². The maximum Gasteiger partial charge on any atom is 0.0702 e. The lowest BCUT2D eigenvalue weighted by molar-refractivity contribution is 0.838. The van der Waals surface area contributed by atoms with E-state index in [1.54, 1.807) is 0 Å². The number of allylic oxidation sites excluding steroid dienone is 8. The number of fused-ring (bicyclic) bond motifs is 2. The van der Waals surface area contributed by atoms with Crippen molar-refractivity contribution in [3.05, 3.63) is 71.5 Å². The summed E-state index contributed by atoms with van der Waals surface area (Å²) in [5.74, 6) is 0. The quantitative estimate of drug-likeness (QED) is 0.605. The van der Waals surface area contributed by atoms with Crippen molar-refractivity contribution >= 4 is 0 Å². The number of hydrogen-bond donors (Lipinski definition) is 1. The van der Waals surface area contributed by atoms with Crippen LogP contribution in [-0.2, 0) is 0 Å². The minimum atomic E-state index is 0.380. The van der Waals surface area contributed by atoms with Gasteiger partial charge in [0.15, 0.2) is 0 Å². The largest absolute Gasteiger partial charge is 0.381 e. The topological polar surface area (TPSA) is 12.0 Å². The molecule has 1 atom stereocenters. The van der Waals surface area contributed by atoms with E-state index in [0.29, 0.717) is 6.04 Å². The summed E-state index contributed by atoms with van der Waals surface area (Å²) in [4.78, 5) is 0. The first kappa shape index (κ1) is 7.63. The van der Waals surface area contributed by atoms with E-state index >= 15 is 0 Å². The Labute approximate surface area is 83.5 Å². The summed E-state index contributed by atoms with van der Waals surface area (Å²) in [6, 6.07) is 0.380. The van der Waals surface area contributed by atoms with Crippen molar-refractivity contribution in [1.82, 2.24) is 5.32 Å². The molecule has 0 aromatic rings. The van der Waals surface area contributed by atoms with Gasteiger partial charge in [-0.15, -0.1) is 0 Å². The van der Waals surface area contributed by atoms with E-state index in [4.69, 9.17) is 0 Å². The van der Waals surface area contributed by atoms with Crippen LogP contribution in [0.3, 0.4) is 0 Å². The molecule has 0 saturated heterocycles. The van der Waals surface area contributed by atoms with Crippen LogP contribution in [0.5, 0.6) is 0 Å². The van der Waals surface area contributed by atoms with Gasteiger partial charge in [0.2, 0.25) is 0 Å². The summed E-state index contributed by atoms with van der Waals surface area (Å²) < 4.78 is 0. The van der Waals surface area contributed by atoms with Gasteiger partial charge in [-0.3, -0.25) is 0 Å². The average molecular weight is 181 g/mol. The minimum absolute atomic E-state index is 0.380. The van der Waals surface area contributed by atoms with Crippen LogP contribution >= 0.6 is 0 Å². The fraction of sp³-hybridized carbons (Fsp3) is 0.0769. The third-order valence-corrected chi connectivity index (χ3v) is 2.69. The second kappa shape index (κ2) is 2.88. The number of rotatable bonds is 0. The van der Waals surface area contributed by atoms with E-state index in [0.717, 1.165) is 0 Å². The van der Waals surface area contributed by atoms with Crippen molar-refractivity contribution in [1.29, 1.82) is 0 Å². The van der Waals surface area contributed by atoms with Gasteiger partial charge >= 0.3 is 0 Å². The van der Waals surface area contributed by atoms with Gasteiger partial charge in [-0.25, -0.2) is 0 Å². The molecule has 1 nitrogen and oxygen atoms in total. The predicted octanol–water partition coefficient (Wildman–Crippen LogP) is 2.39. The summed E-state index contributed by atoms with van der Waals surface area (Å²) in [6.07, 6.45) is 19.2. The summed E-state index contributed by atoms with van der Waals surface area (Å²) in [6.45, 7) is 0. The summed E-state index contributed by atoms with van der Waals surface area (Å²) in [5, 5.41) is 3.31. The normalized spacial score (nSPS) is 26.9. The smallest absolute Gasteiger partial charge is 0.0702 e. The van der Waals surface area contributed by atoms with Crippen LogP contribution in [0, 0.1) is 0 Å². The van der Waals surface area contributed by atoms with Gasteiger partial charge in [0.1, 0.15) is 0 Å². The monoisotopic (exact) mass is 181 g/mol. The third kappa shape index (κ3) is 1.10. The molecule has 1 N–H and O–H groups in total. The van der Waals surface area contributed by atoms with Gasteiger partial charge in [-0.1, -0.05) is 36.5 Å². The van der Waals surface area contributed by atoms with Crippen LogP contribution < -0.4 is 5.32 Å². The lowest BCUT2D eigenvalue weighted by Crippen LogP contribution is -2.21. The minimum Gasteiger partial charge on any atom is -0.381 e. The Morgan fingerprint density at radius 2 is 2.00 bits per heavy atom. The second-order valence-electron chi connectivity index (χ2n) is 3.61. The first-order valence-electron chi connectivity index (χ1n) is 4.85. The molecule has 0 aromatic heterocycles. The zero-order chi connectivity index (χ0) is 9.38.